The Balaban J connectivity index is 1.69. The number of nitrogens with one attached hydrogen (secondary N) is 1. The number of nitrogens with zero attached hydrogens (tertiary/aromatic N) is 3. The van der Waals surface area contributed by atoms with E-state index in [4.69, 9.17) is 0 Å². The second kappa shape index (κ2) is 6.53. The van der Waals surface area contributed by atoms with Crippen molar-refractivity contribution in [2.45, 2.75) is 38.1 Å². The SMILES string of the molecule is Cc1ccc2nc(NS(=O)(=O)c3c(C)nn(C4CCS(=O)(=O)C4)c3C)sc2c1. The van der Waals surface area contributed by atoms with Crippen LogP contribution in [0.2, 0.25) is 0 Å². The van der Waals surface area contributed by atoms with Crippen molar-refractivity contribution in [3.05, 3.63) is 35.2 Å². The summed E-state index contributed by atoms with van der Waals surface area (Å²) in [6, 6.07) is 5.40. The van der Waals surface area contributed by atoms with Crippen molar-refractivity contribution in [1.29, 1.82) is 0 Å². The summed E-state index contributed by atoms with van der Waals surface area (Å²) < 4.78 is 54.6. The molecular formula is C17H20N4O4S3. The molecule has 11 heteroatoms. The molecule has 1 fully saturated rings. The molecule has 3 heterocycles. The third-order valence-electron chi connectivity index (χ3n) is 4.85. The molecule has 8 nitrogen and oxygen atoms in total. The van der Waals surface area contributed by atoms with Gasteiger partial charge in [0, 0.05) is 0 Å². The Morgan fingerprint density at radius 2 is 2.00 bits per heavy atom. The lowest BCUT2D eigenvalue weighted by atomic mass is 10.2. The van der Waals surface area contributed by atoms with Gasteiger partial charge in [-0.1, -0.05) is 17.4 Å². The van der Waals surface area contributed by atoms with Crippen molar-refractivity contribution >= 4 is 46.5 Å². The highest BCUT2D eigenvalue weighted by molar-refractivity contribution is 7.93. The van der Waals surface area contributed by atoms with Gasteiger partial charge in [0.2, 0.25) is 0 Å². The first-order valence-corrected chi connectivity index (χ1v) is 12.8. The molecule has 0 bridgehead atoms. The molecule has 1 atom stereocenters. The predicted octanol–water partition coefficient (Wildman–Crippen LogP) is 2.58. The van der Waals surface area contributed by atoms with Gasteiger partial charge in [-0.15, -0.1) is 0 Å². The summed E-state index contributed by atoms with van der Waals surface area (Å²) >= 11 is 1.27. The monoisotopic (exact) mass is 440 g/mol. The standard InChI is InChI=1S/C17H20N4O4S3/c1-10-4-5-14-15(8-10)26-17(18-14)20-28(24,25)16-11(2)19-21(12(16)3)13-6-7-27(22,23)9-13/h4-5,8,13H,6-7,9H2,1-3H3,(H,18,20). The van der Waals surface area contributed by atoms with E-state index in [0.717, 1.165) is 15.8 Å². The average molecular weight is 441 g/mol. The second-order valence-corrected chi connectivity index (χ2v) is 12.0. The number of benzene rings is 1. The Kier molecular flexibility index (Phi) is 4.51. The van der Waals surface area contributed by atoms with E-state index in [1.165, 1.54) is 16.0 Å². The summed E-state index contributed by atoms with van der Waals surface area (Å²) in [5, 5.41) is 4.62. The summed E-state index contributed by atoms with van der Waals surface area (Å²) in [5.41, 5.74) is 2.58. The Labute approximate surface area is 167 Å². The molecule has 0 saturated carbocycles. The quantitative estimate of drug-likeness (QED) is 0.667. The van der Waals surface area contributed by atoms with Crippen LogP contribution in [-0.4, -0.2) is 43.1 Å². The topological polar surface area (TPSA) is 111 Å². The van der Waals surface area contributed by atoms with E-state index in [1.54, 1.807) is 13.8 Å². The minimum absolute atomic E-state index is 0.0148. The van der Waals surface area contributed by atoms with Crippen LogP contribution in [0, 0.1) is 20.8 Å². The van der Waals surface area contributed by atoms with E-state index >= 15 is 0 Å². The maximum atomic E-state index is 13.0. The molecule has 0 amide bonds. The molecule has 1 aromatic carbocycles. The smallest absolute Gasteiger partial charge is 0.264 e. The van der Waals surface area contributed by atoms with Crippen molar-refractivity contribution in [2.24, 2.45) is 0 Å². The number of aryl methyl sites for hydroxylation is 2. The maximum absolute atomic E-state index is 13.0. The zero-order chi connectivity index (χ0) is 20.3. The van der Waals surface area contributed by atoms with Crippen molar-refractivity contribution < 1.29 is 16.8 Å². The number of aromatic nitrogens is 3. The Bertz CT molecular complexity index is 1290. The second-order valence-electron chi connectivity index (χ2n) is 7.10. The number of hydrogen-bond donors (Lipinski definition) is 1. The molecular weight excluding hydrogens is 420 g/mol. The third kappa shape index (κ3) is 3.42. The molecule has 0 radical (unpaired) electrons. The lowest BCUT2D eigenvalue weighted by molar-refractivity contribution is 0.484. The molecule has 3 aromatic rings. The van der Waals surface area contributed by atoms with Crippen LogP contribution in [0.3, 0.4) is 0 Å². The molecule has 2 aromatic heterocycles. The van der Waals surface area contributed by atoms with E-state index in [0.29, 0.717) is 17.8 Å². The molecule has 4 rings (SSSR count). The molecule has 0 spiro atoms. The minimum atomic E-state index is -3.90. The van der Waals surface area contributed by atoms with Crippen molar-refractivity contribution in [1.82, 2.24) is 14.8 Å². The van der Waals surface area contributed by atoms with Crippen LogP contribution in [0.1, 0.15) is 29.4 Å². The molecule has 1 aliphatic heterocycles. The average Bonchev–Trinajstić information content (AvgIpc) is 3.21. The highest BCUT2D eigenvalue weighted by Crippen LogP contribution is 2.32. The van der Waals surface area contributed by atoms with Gasteiger partial charge in [0.1, 0.15) is 4.90 Å². The van der Waals surface area contributed by atoms with Gasteiger partial charge in [-0.3, -0.25) is 9.40 Å². The molecule has 1 saturated heterocycles. The normalized spacial score (nSPS) is 19.3. The van der Waals surface area contributed by atoms with Gasteiger partial charge >= 0.3 is 0 Å². The van der Waals surface area contributed by atoms with Crippen LogP contribution in [0.5, 0.6) is 0 Å². The van der Waals surface area contributed by atoms with Crippen LogP contribution in [0.25, 0.3) is 10.2 Å². The van der Waals surface area contributed by atoms with Gasteiger partial charge in [-0.2, -0.15) is 5.10 Å². The highest BCUT2D eigenvalue weighted by Gasteiger charge is 2.34. The number of thiazole rings is 1. The van der Waals surface area contributed by atoms with Crippen LogP contribution in [-0.2, 0) is 19.9 Å². The first-order chi connectivity index (χ1) is 13.1. The third-order valence-corrected chi connectivity index (χ3v) is 9.25. The van der Waals surface area contributed by atoms with Crippen LogP contribution in [0.15, 0.2) is 23.1 Å². The van der Waals surface area contributed by atoms with Crippen molar-refractivity contribution in [3.63, 3.8) is 0 Å². The van der Waals surface area contributed by atoms with E-state index < -0.39 is 19.9 Å². The Hall–Kier alpha value is -1.98. The molecule has 1 unspecified atom stereocenters. The molecule has 1 N–H and O–H groups in total. The lowest BCUT2D eigenvalue weighted by Gasteiger charge is -2.11. The van der Waals surface area contributed by atoms with Gasteiger partial charge in [0.05, 0.1) is 39.2 Å². The lowest BCUT2D eigenvalue weighted by Crippen LogP contribution is -2.17. The first-order valence-electron chi connectivity index (χ1n) is 8.72. The van der Waals surface area contributed by atoms with Gasteiger partial charge in [0.25, 0.3) is 10.0 Å². The van der Waals surface area contributed by atoms with Gasteiger partial charge in [-0.25, -0.2) is 21.8 Å². The van der Waals surface area contributed by atoms with E-state index in [9.17, 15) is 16.8 Å². The predicted molar refractivity (Wildman–Crippen MR) is 109 cm³/mol. The number of fused-ring (bicyclic) bond motifs is 1. The Morgan fingerprint density at radius 3 is 2.68 bits per heavy atom. The fourth-order valence-corrected chi connectivity index (χ4v) is 7.89. The number of sulfonamides is 1. The molecule has 0 aliphatic carbocycles. The van der Waals surface area contributed by atoms with Crippen molar-refractivity contribution in [2.75, 3.05) is 16.2 Å². The summed E-state index contributed by atoms with van der Waals surface area (Å²) in [6.45, 7) is 5.23. The summed E-state index contributed by atoms with van der Waals surface area (Å²) in [7, 11) is -7.01. The summed E-state index contributed by atoms with van der Waals surface area (Å²) in [4.78, 5) is 4.43. The van der Waals surface area contributed by atoms with E-state index in [2.05, 4.69) is 14.8 Å². The minimum Gasteiger partial charge on any atom is -0.264 e. The number of hydrogen-bond acceptors (Lipinski definition) is 7. The Morgan fingerprint density at radius 1 is 1.25 bits per heavy atom. The number of sulfone groups is 1. The van der Waals surface area contributed by atoms with Crippen molar-refractivity contribution in [3.8, 4) is 0 Å². The highest BCUT2D eigenvalue weighted by atomic mass is 32.2. The largest absolute Gasteiger partial charge is 0.267 e. The van der Waals surface area contributed by atoms with Gasteiger partial charge in [0.15, 0.2) is 15.0 Å². The zero-order valence-electron chi connectivity index (χ0n) is 15.6. The van der Waals surface area contributed by atoms with Gasteiger partial charge < -0.3 is 0 Å². The maximum Gasteiger partial charge on any atom is 0.267 e. The zero-order valence-corrected chi connectivity index (χ0v) is 18.1. The first kappa shape index (κ1) is 19.3. The molecule has 150 valence electrons. The number of anilines is 1. The van der Waals surface area contributed by atoms with Crippen LogP contribution in [0.4, 0.5) is 5.13 Å². The summed E-state index contributed by atoms with van der Waals surface area (Å²) in [5.74, 6) is 0.0839. The van der Waals surface area contributed by atoms with E-state index in [-0.39, 0.29) is 27.6 Å². The number of rotatable bonds is 4. The van der Waals surface area contributed by atoms with Gasteiger partial charge in [-0.05, 0) is 44.9 Å². The molecule has 28 heavy (non-hydrogen) atoms. The molecule has 1 aliphatic rings. The fourth-order valence-electron chi connectivity index (χ4n) is 3.60. The summed E-state index contributed by atoms with van der Waals surface area (Å²) in [6.07, 6.45) is 0.439. The van der Waals surface area contributed by atoms with Crippen LogP contribution < -0.4 is 4.72 Å². The van der Waals surface area contributed by atoms with Crippen LogP contribution >= 0.6 is 11.3 Å². The fraction of sp³-hybridized carbons (Fsp3) is 0.412. The van der Waals surface area contributed by atoms with E-state index in [1.807, 2.05) is 25.1 Å².